The van der Waals surface area contributed by atoms with Crippen LogP contribution in [0.25, 0.3) is 22.3 Å². The Bertz CT molecular complexity index is 1500. The number of aromatic nitrogens is 5. The van der Waals surface area contributed by atoms with Crippen LogP contribution >= 0.6 is 0 Å². The molecule has 1 N–H and O–H groups in total. The highest BCUT2D eigenvalue weighted by molar-refractivity contribution is 5.81. The first-order valence-corrected chi connectivity index (χ1v) is 13.7. The van der Waals surface area contributed by atoms with Crippen molar-refractivity contribution in [1.29, 1.82) is 0 Å². The van der Waals surface area contributed by atoms with Crippen LogP contribution in [0.1, 0.15) is 43.7 Å². The SMILES string of the molecule is Cc1nc(-c2ccc3nc(Cc4cc(CN5CCN(C(=O)OC(C)(C)C)CC5)ccn4)[nH]c3c2)cc(N(C)C)n1. The average Bonchev–Trinajstić information content (AvgIpc) is 3.29. The number of nitrogens with zero attached hydrogens (tertiary/aromatic N) is 7. The Morgan fingerprint density at radius 1 is 1.02 bits per heavy atom. The Kier molecular flexibility index (Phi) is 7.71. The summed E-state index contributed by atoms with van der Waals surface area (Å²) in [6.07, 6.45) is 2.24. The van der Waals surface area contributed by atoms with E-state index >= 15 is 0 Å². The molecule has 1 aromatic carbocycles. The van der Waals surface area contributed by atoms with E-state index in [0.717, 1.165) is 65.1 Å². The first-order valence-electron chi connectivity index (χ1n) is 13.7. The number of carbonyl (C=O) groups is 1. The molecular weight excluding hydrogens is 504 g/mol. The number of nitrogens with one attached hydrogen (secondary N) is 1. The van der Waals surface area contributed by atoms with Crippen LogP contribution in [0.4, 0.5) is 10.6 Å². The number of carbonyl (C=O) groups excluding carboxylic acids is 1. The summed E-state index contributed by atoms with van der Waals surface area (Å²) < 4.78 is 5.52. The minimum Gasteiger partial charge on any atom is -0.444 e. The Labute approximate surface area is 235 Å². The van der Waals surface area contributed by atoms with E-state index in [1.54, 1.807) is 4.90 Å². The highest BCUT2D eigenvalue weighted by Crippen LogP contribution is 2.25. The molecule has 4 aromatic rings. The van der Waals surface area contributed by atoms with Gasteiger partial charge in [0.2, 0.25) is 0 Å². The number of aryl methyl sites for hydroxylation is 1. The molecule has 0 radical (unpaired) electrons. The van der Waals surface area contributed by atoms with Gasteiger partial charge in [0, 0.05) is 76.8 Å². The monoisotopic (exact) mass is 542 g/mol. The number of ether oxygens (including phenoxy) is 1. The Hall–Kier alpha value is -4.05. The molecule has 40 heavy (non-hydrogen) atoms. The van der Waals surface area contributed by atoms with Crippen molar-refractivity contribution in [3.8, 4) is 11.3 Å². The van der Waals surface area contributed by atoms with Crippen LogP contribution in [0.5, 0.6) is 0 Å². The third-order valence-corrected chi connectivity index (χ3v) is 6.77. The van der Waals surface area contributed by atoms with E-state index in [4.69, 9.17) is 9.72 Å². The van der Waals surface area contributed by atoms with E-state index in [9.17, 15) is 4.79 Å². The van der Waals surface area contributed by atoms with Crippen molar-refractivity contribution in [3.63, 3.8) is 0 Å². The fourth-order valence-corrected chi connectivity index (χ4v) is 4.80. The number of pyridine rings is 1. The summed E-state index contributed by atoms with van der Waals surface area (Å²) in [4.78, 5) is 40.5. The van der Waals surface area contributed by atoms with Gasteiger partial charge in [-0.1, -0.05) is 6.07 Å². The predicted octanol–water partition coefficient (Wildman–Crippen LogP) is 4.43. The lowest BCUT2D eigenvalue weighted by Gasteiger charge is -2.35. The molecule has 0 bridgehead atoms. The van der Waals surface area contributed by atoms with Crippen LogP contribution in [0.15, 0.2) is 42.6 Å². The summed E-state index contributed by atoms with van der Waals surface area (Å²) in [5.41, 5.74) is 5.47. The number of benzene rings is 1. The Balaban J connectivity index is 1.23. The number of aromatic amines is 1. The number of hydrogen-bond donors (Lipinski definition) is 1. The number of piperazine rings is 1. The first kappa shape index (κ1) is 27.5. The molecule has 0 atom stereocenters. The smallest absolute Gasteiger partial charge is 0.410 e. The fourth-order valence-electron chi connectivity index (χ4n) is 4.80. The maximum absolute atomic E-state index is 12.4. The first-order chi connectivity index (χ1) is 19.0. The van der Waals surface area contributed by atoms with Crippen molar-refractivity contribution >= 4 is 22.9 Å². The van der Waals surface area contributed by atoms with E-state index < -0.39 is 5.60 Å². The van der Waals surface area contributed by atoms with Crippen molar-refractivity contribution < 1.29 is 9.53 Å². The number of anilines is 1. The van der Waals surface area contributed by atoms with Crippen molar-refractivity contribution in [2.24, 2.45) is 0 Å². The van der Waals surface area contributed by atoms with Gasteiger partial charge < -0.3 is 19.5 Å². The quantitative estimate of drug-likeness (QED) is 0.382. The lowest BCUT2D eigenvalue weighted by molar-refractivity contribution is 0.0139. The minimum atomic E-state index is -0.476. The highest BCUT2D eigenvalue weighted by atomic mass is 16.6. The third-order valence-electron chi connectivity index (χ3n) is 6.77. The molecule has 3 aromatic heterocycles. The molecule has 0 saturated carbocycles. The number of H-pyrrole nitrogens is 1. The second-order valence-electron chi connectivity index (χ2n) is 11.5. The molecule has 210 valence electrons. The molecule has 0 aliphatic carbocycles. The molecule has 0 unspecified atom stereocenters. The van der Waals surface area contributed by atoms with E-state index in [1.807, 2.05) is 65.0 Å². The number of amides is 1. The average molecular weight is 543 g/mol. The molecule has 1 aliphatic heterocycles. The zero-order valence-electron chi connectivity index (χ0n) is 24.2. The van der Waals surface area contributed by atoms with Crippen LogP contribution in [0.3, 0.4) is 0 Å². The van der Waals surface area contributed by atoms with Crippen LogP contribution in [0, 0.1) is 6.92 Å². The molecule has 10 heteroatoms. The maximum Gasteiger partial charge on any atom is 0.410 e. The van der Waals surface area contributed by atoms with Gasteiger partial charge in [-0.2, -0.15) is 0 Å². The number of rotatable bonds is 6. The van der Waals surface area contributed by atoms with Crippen molar-refractivity contribution in [2.75, 3.05) is 45.2 Å². The minimum absolute atomic E-state index is 0.234. The number of fused-ring (bicyclic) bond motifs is 1. The van der Waals surface area contributed by atoms with Gasteiger partial charge in [0.05, 0.1) is 16.7 Å². The standard InChI is InChI=1S/C30H38N8O2/c1-20-32-25(18-28(33-20)36(5)6)22-7-8-24-26(16-22)35-27(34-24)17-23-15-21(9-10-31-23)19-37-11-13-38(14-12-37)29(39)40-30(2,3)4/h7-10,15-16,18H,11-14,17,19H2,1-6H3,(H,34,35). The van der Waals surface area contributed by atoms with Gasteiger partial charge in [0.1, 0.15) is 23.1 Å². The van der Waals surface area contributed by atoms with Gasteiger partial charge in [-0.3, -0.25) is 9.88 Å². The molecular formula is C30H38N8O2. The highest BCUT2D eigenvalue weighted by Gasteiger charge is 2.25. The largest absolute Gasteiger partial charge is 0.444 e. The lowest BCUT2D eigenvalue weighted by atomic mass is 10.1. The van der Waals surface area contributed by atoms with Crippen molar-refractivity contribution in [1.82, 2.24) is 34.7 Å². The zero-order chi connectivity index (χ0) is 28.4. The summed E-state index contributed by atoms with van der Waals surface area (Å²) in [6, 6.07) is 12.4. The van der Waals surface area contributed by atoms with Gasteiger partial charge in [0.25, 0.3) is 0 Å². The van der Waals surface area contributed by atoms with Gasteiger partial charge in [-0.25, -0.2) is 19.7 Å². The predicted molar refractivity (Wildman–Crippen MR) is 156 cm³/mol. The molecule has 5 rings (SSSR count). The van der Waals surface area contributed by atoms with Crippen LogP contribution < -0.4 is 4.90 Å². The molecule has 10 nitrogen and oxygen atoms in total. The molecule has 1 saturated heterocycles. The van der Waals surface area contributed by atoms with Crippen molar-refractivity contribution in [3.05, 3.63) is 65.5 Å². The maximum atomic E-state index is 12.4. The third kappa shape index (κ3) is 6.74. The summed E-state index contributed by atoms with van der Waals surface area (Å²) in [5, 5.41) is 0. The van der Waals surface area contributed by atoms with Crippen molar-refractivity contribution in [2.45, 2.75) is 46.3 Å². The second-order valence-corrected chi connectivity index (χ2v) is 11.5. The Morgan fingerprint density at radius 2 is 1.80 bits per heavy atom. The summed E-state index contributed by atoms with van der Waals surface area (Å²) in [5.74, 6) is 2.49. The van der Waals surface area contributed by atoms with E-state index in [-0.39, 0.29) is 6.09 Å². The molecule has 0 spiro atoms. The van der Waals surface area contributed by atoms with Gasteiger partial charge in [-0.15, -0.1) is 0 Å². The van der Waals surface area contributed by atoms with Gasteiger partial charge >= 0.3 is 6.09 Å². The second kappa shape index (κ2) is 11.2. The number of imidazole rings is 1. The van der Waals surface area contributed by atoms with E-state index in [2.05, 4.69) is 49.1 Å². The van der Waals surface area contributed by atoms with Gasteiger partial charge in [-0.05, 0) is 57.5 Å². The van der Waals surface area contributed by atoms with E-state index in [1.165, 1.54) is 5.56 Å². The summed E-state index contributed by atoms with van der Waals surface area (Å²) >= 11 is 0. The normalized spacial score (nSPS) is 14.5. The molecule has 1 fully saturated rings. The van der Waals surface area contributed by atoms with Crippen LogP contribution in [0.2, 0.25) is 0 Å². The molecule has 4 heterocycles. The van der Waals surface area contributed by atoms with Crippen LogP contribution in [-0.4, -0.2) is 86.7 Å². The fraction of sp³-hybridized carbons (Fsp3) is 0.433. The molecule has 1 aliphatic rings. The molecule has 1 amide bonds. The number of hydrogen-bond acceptors (Lipinski definition) is 8. The van der Waals surface area contributed by atoms with E-state index in [0.29, 0.717) is 19.5 Å². The Morgan fingerprint density at radius 3 is 2.52 bits per heavy atom. The topological polar surface area (TPSA) is 103 Å². The van der Waals surface area contributed by atoms with Gasteiger partial charge in [0.15, 0.2) is 0 Å². The summed E-state index contributed by atoms with van der Waals surface area (Å²) in [7, 11) is 3.96. The van der Waals surface area contributed by atoms with Crippen LogP contribution in [-0.2, 0) is 17.7 Å². The zero-order valence-corrected chi connectivity index (χ0v) is 24.2. The summed E-state index contributed by atoms with van der Waals surface area (Å²) in [6.45, 7) is 11.4. The lowest BCUT2D eigenvalue weighted by Crippen LogP contribution is -2.49.